The van der Waals surface area contributed by atoms with E-state index in [1.165, 1.54) is 7.11 Å². The average molecular weight is 324 g/mol. The normalized spacial score (nSPS) is 11.3. The second-order valence-electron chi connectivity index (χ2n) is 4.01. The number of carbonyl (C=O) groups is 1. The number of hydrogen-bond donors (Lipinski definition) is 1. The van der Waals surface area contributed by atoms with Crippen molar-refractivity contribution in [3.63, 3.8) is 0 Å². The number of hydrogen-bond acceptors (Lipinski definition) is 4. The summed E-state index contributed by atoms with van der Waals surface area (Å²) in [6, 6.07) is 3.18. The van der Waals surface area contributed by atoms with Crippen LogP contribution in [0.5, 0.6) is 0 Å². The van der Waals surface area contributed by atoms with Crippen LogP contribution in [-0.2, 0) is 19.6 Å². The topological polar surface area (TPSA) is 72.5 Å². The second kappa shape index (κ2) is 7.56. The number of rotatable bonds is 7. The van der Waals surface area contributed by atoms with Gasteiger partial charge in [0.1, 0.15) is 5.82 Å². The Labute approximate surface area is 122 Å². The Morgan fingerprint density at radius 1 is 1.40 bits per heavy atom. The molecule has 0 atom stereocenters. The van der Waals surface area contributed by atoms with Crippen LogP contribution in [0, 0.1) is 5.82 Å². The molecule has 0 aliphatic rings. The summed E-state index contributed by atoms with van der Waals surface area (Å²) in [5.41, 5.74) is 0. The van der Waals surface area contributed by atoms with Crippen LogP contribution in [0.2, 0.25) is 5.02 Å². The largest absolute Gasteiger partial charge is 0.469 e. The first-order valence-corrected chi connectivity index (χ1v) is 7.74. The maximum absolute atomic E-state index is 13.0. The van der Waals surface area contributed by atoms with E-state index < -0.39 is 15.8 Å². The van der Waals surface area contributed by atoms with Crippen LogP contribution in [0.25, 0.3) is 0 Å². The van der Waals surface area contributed by atoms with E-state index in [4.69, 9.17) is 11.6 Å². The smallest absolute Gasteiger partial charge is 0.305 e. The molecular weight excluding hydrogens is 309 g/mol. The molecule has 1 aromatic rings. The van der Waals surface area contributed by atoms with Crippen LogP contribution >= 0.6 is 11.6 Å². The summed E-state index contributed by atoms with van der Waals surface area (Å²) in [5, 5.41) is -0.251. The van der Waals surface area contributed by atoms with Gasteiger partial charge in [-0.05, 0) is 31.0 Å². The maximum atomic E-state index is 13.0. The summed E-state index contributed by atoms with van der Waals surface area (Å²) < 4.78 is 43.5. The molecule has 0 unspecified atom stereocenters. The van der Waals surface area contributed by atoms with E-state index in [1.54, 1.807) is 0 Å². The fraction of sp³-hybridized carbons (Fsp3) is 0.417. The van der Waals surface area contributed by atoms with E-state index in [9.17, 15) is 17.6 Å². The number of methoxy groups -OCH3 is 1. The van der Waals surface area contributed by atoms with E-state index in [1.807, 2.05) is 0 Å². The average Bonchev–Trinajstić information content (AvgIpc) is 2.40. The van der Waals surface area contributed by atoms with Gasteiger partial charge in [0.25, 0.3) is 0 Å². The number of esters is 1. The van der Waals surface area contributed by atoms with E-state index in [0.29, 0.717) is 12.8 Å². The van der Waals surface area contributed by atoms with Crippen LogP contribution < -0.4 is 4.72 Å². The van der Waals surface area contributed by atoms with E-state index in [2.05, 4.69) is 9.46 Å². The SMILES string of the molecule is COC(=O)CCCCNS(=O)(=O)c1ccc(F)c(Cl)c1. The Bertz CT molecular complexity index is 577. The molecule has 0 amide bonds. The van der Waals surface area contributed by atoms with Gasteiger partial charge in [0.15, 0.2) is 0 Å². The first kappa shape index (κ1) is 16.9. The number of sulfonamides is 1. The van der Waals surface area contributed by atoms with Gasteiger partial charge in [-0.1, -0.05) is 11.6 Å². The van der Waals surface area contributed by atoms with Crippen molar-refractivity contribution in [2.45, 2.75) is 24.2 Å². The molecule has 0 aliphatic carbocycles. The van der Waals surface area contributed by atoms with E-state index in [-0.39, 0.29) is 28.9 Å². The van der Waals surface area contributed by atoms with Gasteiger partial charge in [-0.2, -0.15) is 0 Å². The molecule has 0 heterocycles. The number of halogens is 2. The van der Waals surface area contributed by atoms with Crippen molar-refractivity contribution in [1.29, 1.82) is 0 Å². The van der Waals surface area contributed by atoms with E-state index in [0.717, 1.165) is 18.2 Å². The molecule has 1 aromatic carbocycles. The van der Waals surface area contributed by atoms with Crippen molar-refractivity contribution in [2.24, 2.45) is 0 Å². The lowest BCUT2D eigenvalue weighted by Crippen LogP contribution is -2.25. The molecule has 112 valence electrons. The maximum Gasteiger partial charge on any atom is 0.305 e. The minimum absolute atomic E-state index is 0.100. The molecule has 0 fully saturated rings. The number of ether oxygens (including phenoxy) is 1. The molecule has 8 heteroatoms. The van der Waals surface area contributed by atoms with Crippen LogP contribution in [0.15, 0.2) is 23.1 Å². The lowest BCUT2D eigenvalue weighted by molar-refractivity contribution is -0.140. The highest BCUT2D eigenvalue weighted by atomic mass is 35.5. The fourth-order valence-electron chi connectivity index (χ4n) is 1.43. The first-order chi connectivity index (χ1) is 9.36. The van der Waals surface area contributed by atoms with Crippen molar-refractivity contribution in [3.8, 4) is 0 Å². The minimum atomic E-state index is -3.72. The third-order valence-electron chi connectivity index (χ3n) is 2.53. The van der Waals surface area contributed by atoms with Gasteiger partial charge in [-0.25, -0.2) is 17.5 Å². The summed E-state index contributed by atoms with van der Waals surface area (Å²) in [6.07, 6.45) is 1.24. The lowest BCUT2D eigenvalue weighted by atomic mass is 10.2. The van der Waals surface area contributed by atoms with Crippen molar-refractivity contribution < 1.29 is 22.3 Å². The summed E-state index contributed by atoms with van der Waals surface area (Å²) in [4.78, 5) is 10.8. The van der Waals surface area contributed by atoms with Crippen molar-refractivity contribution in [1.82, 2.24) is 4.72 Å². The molecule has 1 rings (SSSR count). The molecule has 0 spiro atoms. The second-order valence-corrected chi connectivity index (χ2v) is 6.18. The van der Waals surface area contributed by atoms with E-state index >= 15 is 0 Å². The predicted octanol–water partition coefficient (Wildman–Crippen LogP) is 2.10. The molecule has 0 saturated carbocycles. The van der Waals surface area contributed by atoms with Crippen molar-refractivity contribution >= 4 is 27.6 Å². The summed E-state index contributed by atoms with van der Waals surface area (Å²) >= 11 is 5.54. The number of nitrogens with one attached hydrogen (secondary N) is 1. The zero-order valence-corrected chi connectivity index (χ0v) is 12.4. The van der Waals surface area contributed by atoms with Gasteiger partial charge >= 0.3 is 5.97 Å². The summed E-state index contributed by atoms with van der Waals surface area (Å²) in [6.45, 7) is 0.175. The molecule has 20 heavy (non-hydrogen) atoms. The summed E-state index contributed by atoms with van der Waals surface area (Å²) in [7, 11) is -2.43. The van der Waals surface area contributed by atoms with Crippen LogP contribution in [0.1, 0.15) is 19.3 Å². The highest BCUT2D eigenvalue weighted by molar-refractivity contribution is 7.89. The van der Waals surface area contributed by atoms with Gasteiger partial charge in [0.2, 0.25) is 10.0 Å². The van der Waals surface area contributed by atoms with Crippen LogP contribution in [0.4, 0.5) is 4.39 Å². The van der Waals surface area contributed by atoms with Crippen LogP contribution in [-0.4, -0.2) is 28.0 Å². The van der Waals surface area contributed by atoms with Gasteiger partial charge in [-0.15, -0.1) is 0 Å². The molecule has 0 bridgehead atoms. The van der Waals surface area contributed by atoms with Gasteiger partial charge in [0, 0.05) is 13.0 Å². The Morgan fingerprint density at radius 3 is 2.70 bits per heavy atom. The van der Waals surface area contributed by atoms with Crippen LogP contribution in [0.3, 0.4) is 0 Å². The Hall–Kier alpha value is -1.18. The minimum Gasteiger partial charge on any atom is -0.469 e. The van der Waals surface area contributed by atoms with Gasteiger partial charge < -0.3 is 4.74 Å². The highest BCUT2D eigenvalue weighted by Gasteiger charge is 2.15. The number of carbonyl (C=O) groups excluding carboxylic acids is 1. The third-order valence-corrected chi connectivity index (χ3v) is 4.28. The quantitative estimate of drug-likeness (QED) is 0.616. The monoisotopic (exact) mass is 323 g/mol. The molecule has 1 N–H and O–H groups in total. The highest BCUT2D eigenvalue weighted by Crippen LogP contribution is 2.19. The molecular formula is C12H15ClFNO4S. The Morgan fingerprint density at radius 2 is 2.10 bits per heavy atom. The van der Waals surface area contributed by atoms with Gasteiger partial charge in [-0.3, -0.25) is 4.79 Å². The molecule has 0 radical (unpaired) electrons. The predicted molar refractivity (Wildman–Crippen MR) is 72.5 cm³/mol. The standard InChI is InChI=1S/C12H15ClFNO4S/c1-19-12(16)4-2-3-7-15-20(17,18)9-5-6-11(14)10(13)8-9/h5-6,8,15H,2-4,7H2,1H3. The Kier molecular flexibility index (Phi) is 6.38. The van der Waals surface area contributed by atoms with Gasteiger partial charge in [0.05, 0.1) is 17.0 Å². The van der Waals surface area contributed by atoms with Crippen molar-refractivity contribution in [2.75, 3.05) is 13.7 Å². The molecule has 0 saturated heterocycles. The summed E-state index contributed by atoms with van der Waals surface area (Å²) in [5.74, 6) is -1.01. The lowest BCUT2D eigenvalue weighted by Gasteiger charge is -2.07. The zero-order valence-electron chi connectivity index (χ0n) is 10.9. The molecule has 0 aliphatic heterocycles. The Balaban J connectivity index is 2.49. The number of benzene rings is 1. The zero-order chi connectivity index (χ0) is 15.2. The first-order valence-electron chi connectivity index (χ1n) is 5.88. The fourth-order valence-corrected chi connectivity index (χ4v) is 2.78. The molecule has 5 nitrogen and oxygen atoms in total. The third kappa shape index (κ3) is 5.07. The number of unbranched alkanes of at least 4 members (excludes halogenated alkanes) is 1. The molecule has 0 aromatic heterocycles. The van der Waals surface area contributed by atoms with Crippen molar-refractivity contribution in [3.05, 3.63) is 29.0 Å².